The van der Waals surface area contributed by atoms with Crippen LogP contribution in [-0.4, -0.2) is 0 Å². The van der Waals surface area contributed by atoms with Crippen molar-refractivity contribution in [3.05, 3.63) is 227 Å². The number of benzene rings is 8. The largest absolute Gasteiger partial charge is 0.311 e. The third-order valence-electron chi connectivity index (χ3n) is 11.4. The molecule has 0 atom stereocenters. The molecule has 0 aliphatic heterocycles. The Balaban J connectivity index is 1.18. The maximum Gasteiger partial charge on any atom is 0.0726 e. The fraction of sp³-hybridized carbons (Fsp3) is 0.0769. The van der Waals surface area contributed by atoms with Gasteiger partial charge in [0.1, 0.15) is 0 Å². The average molecular weight is 693 g/mol. The Morgan fingerprint density at radius 2 is 0.556 bits per heavy atom. The van der Waals surface area contributed by atoms with Crippen molar-refractivity contribution in [1.29, 1.82) is 0 Å². The lowest BCUT2D eigenvalue weighted by molar-refractivity contribution is 0.790. The summed E-state index contributed by atoms with van der Waals surface area (Å²) in [6, 6.07) is 69.3. The van der Waals surface area contributed by atoms with Crippen LogP contribution in [0.3, 0.4) is 0 Å². The van der Waals surface area contributed by atoms with Gasteiger partial charge in [0.2, 0.25) is 0 Å². The zero-order chi connectivity index (χ0) is 36.4. The van der Waals surface area contributed by atoms with E-state index in [9.17, 15) is 0 Å². The van der Waals surface area contributed by atoms with Gasteiger partial charge in [-0.2, -0.15) is 0 Å². The van der Waals surface area contributed by atoms with Crippen molar-refractivity contribution in [2.75, 3.05) is 9.80 Å². The van der Waals surface area contributed by atoms with Crippen LogP contribution in [0.2, 0.25) is 0 Å². The molecule has 258 valence electrons. The van der Waals surface area contributed by atoms with E-state index < -0.39 is 5.41 Å². The van der Waals surface area contributed by atoms with E-state index in [1.807, 2.05) is 0 Å². The second-order valence-electron chi connectivity index (χ2n) is 14.8. The molecule has 0 fully saturated rings. The zero-order valence-electron chi connectivity index (χ0n) is 30.8. The maximum atomic E-state index is 2.48. The van der Waals surface area contributed by atoms with Crippen molar-refractivity contribution in [2.45, 2.75) is 26.2 Å². The lowest BCUT2D eigenvalue weighted by atomic mass is 9.70. The summed E-state index contributed by atoms with van der Waals surface area (Å²) in [5.74, 6) is 0. The first kappa shape index (κ1) is 32.0. The van der Waals surface area contributed by atoms with E-state index in [1.165, 1.54) is 61.2 Å². The number of aryl methyl sites for hydroxylation is 3. The van der Waals surface area contributed by atoms with Crippen LogP contribution in [0.25, 0.3) is 22.3 Å². The molecule has 0 N–H and O–H groups in total. The highest BCUT2D eigenvalue weighted by Crippen LogP contribution is 2.63. The Hall–Kier alpha value is -6.64. The predicted octanol–water partition coefficient (Wildman–Crippen LogP) is 13.9. The quantitative estimate of drug-likeness (QED) is 0.171. The molecule has 2 aliphatic rings. The number of fused-ring (bicyclic) bond motifs is 10. The predicted molar refractivity (Wildman–Crippen MR) is 226 cm³/mol. The Labute approximate surface area is 318 Å². The first-order chi connectivity index (χ1) is 26.5. The highest BCUT2D eigenvalue weighted by Gasteiger charge is 2.52. The van der Waals surface area contributed by atoms with Crippen LogP contribution >= 0.6 is 0 Å². The molecule has 0 radical (unpaired) electrons. The summed E-state index contributed by atoms with van der Waals surface area (Å²) in [5.41, 5.74) is 20.9. The van der Waals surface area contributed by atoms with Gasteiger partial charge in [-0.15, -0.1) is 0 Å². The van der Waals surface area contributed by atoms with Crippen LogP contribution in [0.1, 0.15) is 38.9 Å². The number of hydrogen-bond donors (Lipinski definition) is 0. The minimum absolute atomic E-state index is 0.423. The van der Waals surface area contributed by atoms with Crippen molar-refractivity contribution in [2.24, 2.45) is 0 Å². The molecule has 2 nitrogen and oxygen atoms in total. The highest BCUT2D eigenvalue weighted by molar-refractivity contribution is 5.96. The summed E-state index contributed by atoms with van der Waals surface area (Å²) < 4.78 is 0. The van der Waals surface area contributed by atoms with Gasteiger partial charge in [0.25, 0.3) is 0 Å². The first-order valence-corrected chi connectivity index (χ1v) is 18.8. The van der Waals surface area contributed by atoms with Gasteiger partial charge in [-0.3, -0.25) is 0 Å². The average Bonchev–Trinajstić information content (AvgIpc) is 3.65. The molecule has 8 aromatic rings. The van der Waals surface area contributed by atoms with Crippen LogP contribution < -0.4 is 9.80 Å². The SMILES string of the molecule is Cc1ccc2c(c1)C1(c3cc(C)ccc3-2)c2cc(C)ccc2-c2ccc(N(c3ccccc3)c3ccc(N(c4ccccc4)c4ccccc4)cc3)cc21. The normalized spacial score (nSPS) is 12.9. The third kappa shape index (κ3) is 4.87. The molecule has 2 aliphatic carbocycles. The van der Waals surface area contributed by atoms with Crippen molar-refractivity contribution in [1.82, 2.24) is 0 Å². The standard InChI is InChI=1S/C52H40N2/c1-35-19-27-44-45-28-20-36(2)32-49(45)52(48(44)31-35)50-33-37(3)21-29-46(50)47-30-26-43(34-51(47)52)54(40-17-11-6-12-18-40)42-24-22-41(23-25-42)53(38-13-7-4-8-14-38)39-15-9-5-10-16-39/h4-34H,1-3H3. The smallest absolute Gasteiger partial charge is 0.0726 e. The third-order valence-corrected chi connectivity index (χ3v) is 11.4. The minimum atomic E-state index is -0.423. The lowest BCUT2D eigenvalue weighted by Gasteiger charge is -2.33. The number of rotatable bonds is 6. The summed E-state index contributed by atoms with van der Waals surface area (Å²) >= 11 is 0. The summed E-state index contributed by atoms with van der Waals surface area (Å²) in [6.45, 7) is 6.68. The van der Waals surface area contributed by atoms with Crippen molar-refractivity contribution < 1.29 is 0 Å². The maximum absolute atomic E-state index is 2.48. The molecule has 0 saturated carbocycles. The van der Waals surface area contributed by atoms with Gasteiger partial charge < -0.3 is 9.80 Å². The summed E-state index contributed by atoms with van der Waals surface area (Å²) in [5, 5.41) is 0. The van der Waals surface area contributed by atoms with Gasteiger partial charge in [0, 0.05) is 34.1 Å². The zero-order valence-corrected chi connectivity index (χ0v) is 30.8. The molecule has 8 aromatic carbocycles. The highest BCUT2D eigenvalue weighted by atomic mass is 15.2. The van der Waals surface area contributed by atoms with Crippen LogP contribution in [0.4, 0.5) is 34.1 Å². The molecule has 2 heteroatoms. The van der Waals surface area contributed by atoms with Crippen molar-refractivity contribution >= 4 is 34.1 Å². The Kier molecular flexibility index (Phi) is 7.42. The Morgan fingerprint density at radius 1 is 0.278 bits per heavy atom. The first-order valence-electron chi connectivity index (χ1n) is 18.8. The Bertz CT molecular complexity index is 2570. The van der Waals surface area contributed by atoms with Crippen LogP contribution in [-0.2, 0) is 5.41 Å². The van der Waals surface area contributed by atoms with E-state index in [1.54, 1.807) is 0 Å². The lowest BCUT2D eigenvalue weighted by Crippen LogP contribution is -2.26. The van der Waals surface area contributed by atoms with E-state index in [-0.39, 0.29) is 0 Å². The van der Waals surface area contributed by atoms with Crippen LogP contribution in [0.15, 0.2) is 188 Å². The molecule has 54 heavy (non-hydrogen) atoms. The summed E-state index contributed by atoms with van der Waals surface area (Å²) in [4.78, 5) is 4.72. The van der Waals surface area contributed by atoms with E-state index in [4.69, 9.17) is 0 Å². The second kappa shape index (κ2) is 12.5. The molecular formula is C52H40N2. The molecule has 0 bridgehead atoms. The number of para-hydroxylation sites is 3. The van der Waals surface area contributed by atoms with Gasteiger partial charge in [-0.05, 0) is 138 Å². The molecule has 0 saturated heterocycles. The minimum Gasteiger partial charge on any atom is -0.311 e. The van der Waals surface area contributed by atoms with Crippen LogP contribution in [0.5, 0.6) is 0 Å². The fourth-order valence-electron chi connectivity index (χ4n) is 9.07. The summed E-state index contributed by atoms with van der Waals surface area (Å²) in [6.07, 6.45) is 0. The molecular weight excluding hydrogens is 653 g/mol. The van der Waals surface area contributed by atoms with Gasteiger partial charge in [-0.25, -0.2) is 0 Å². The molecule has 10 rings (SSSR count). The second-order valence-corrected chi connectivity index (χ2v) is 14.8. The number of hydrogen-bond acceptors (Lipinski definition) is 2. The molecule has 0 heterocycles. The van der Waals surface area contributed by atoms with E-state index >= 15 is 0 Å². The van der Waals surface area contributed by atoms with E-state index in [0.717, 1.165) is 34.1 Å². The van der Waals surface area contributed by atoms with Gasteiger partial charge in [-0.1, -0.05) is 132 Å². The van der Waals surface area contributed by atoms with E-state index in [2.05, 4.69) is 219 Å². The van der Waals surface area contributed by atoms with E-state index in [0.29, 0.717) is 0 Å². The number of anilines is 6. The number of nitrogens with zero attached hydrogens (tertiary/aromatic N) is 2. The van der Waals surface area contributed by atoms with Crippen molar-refractivity contribution in [3.8, 4) is 22.3 Å². The van der Waals surface area contributed by atoms with Crippen molar-refractivity contribution in [3.63, 3.8) is 0 Å². The van der Waals surface area contributed by atoms with Gasteiger partial charge in [0.15, 0.2) is 0 Å². The Morgan fingerprint density at radius 3 is 0.926 bits per heavy atom. The molecule has 0 amide bonds. The molecule has 0 aromatic heterocycles. The fourth-order valence-corrected chi connectivity index (χ4v) is 9.07. The van der Waals surface area contributed by atoms with Crippen LogP contribution in [0, 0.1) is 20.8 Å². The monoisotopic (exact) mass is 692 g/mol. The molecule has 0 unspecified atom stereocenters. The van der Waals surface area contributed by atoms with Gasteiger partial charge in [0.05, 0.1) is 5.41 Å². The molecule has 1 spiro atoms. The van der Waals surface area contributed by atoms with Gasteiger partial charge >= 0.3 is 0 Å². The topological polar surface area (TPSA) is 6.48 Å². The summed E-state index contributed by atoms with van der Waals surface area (Å²) in [7, 11) is 0.